The van der Waals surface area contributed by atoms with Crippen LogP contribution in [0, 0.1) is 40.9 Å². The molecule has 0 aromatic heterocycles. The fourth-order valence-electron chi connectivity index (χ4n) is 3.09. The predicted octanol–water partition coefficient (Wildman–Crippen LogP) is 2.44. The summed E-state index contributed by atoms with van der Waals surface area (Å²) in [5, 5.41) is 8.84. The second kappa shape index (κ2) is 2.24. The van der Waals surface area contributed by atoms with E-state index in [-0.39, 0.29) is 0 Å². The molecule has 2 fully saturated rings. The van der Waals surface area contributed by atoms with Crippen LogP contribution in [0.2, 0.25) is 0 Å². The van der Waals surface area contributed by atoms with Gasteiger partial charge in [0.15, 0.2) is 0 Å². The Morgan fingerprint density at radius 3 is 2.36 bits per heavy atom. The van der Waals surface area contributed by atoms with Gasteiger partial charge in [0, 0.05) is 5.92 Å². The Morgan fingerprint density at radius 1 is 1.18 bits per heavy atom. The van der Waals surface area contributed by atoms with E-state index >= 15 is 0 Å². The molecular formula is C10H15N. The summed E-state index contributed by atoms with van der Waals surface area (Å²) in [4.78, 5) is 0. The van der Waals surface area contributed by atoms with Crippen LogP contribution in [0.15, 0.2) is 0 Å². The Kier molecular flexibility index (Phi) is 1.45. The minimum absolute atomic E-state index is 0.395. The third kappa shape index (κ3) is 0.819. The first-order chi connectivity index (χ1) is 5.24. The highest BCUT2D eigenvalue weighted by Gasteiger charge is 2.48. The summed E-state index contributed by atoms with van der Waals surface area (Å²) in [6.07, 6.45) is 2.52. The smallest absolute Gasteiger partial charge is 0.0658 e. The Bertz CT molecular complexity index is 201. The molecule has 0 aliphatic heterocycles. The van der Waals surface area contributed by atoms with E-state index in [2.05, 4.69) is 19.9 Å². The molecule has 0 N–H and O–H groups in total. The van der Waals surface area contributed by atoms with E-state index in [0.29, 0.717) is 5.92 Å². The van der Waals surface area contributed by atoms with Gasteiger partial charge in [-0.25, -0.2) is 0 Å². The van der Waals surface area contributed by atoms with Crippen molar-refractivity contribution in [2.45, 2.75) is 26.7 Å². The Balaban J connectivity index is 2.17. The SMILES string of the molecule is CC1C2C[C@H](CC2C#N)C1C. The van der Waals surface area contributed by atoms with E-state index in [1.165, 1.54) is 12.8 Å². The lowest BCUT2D eigenvalue weighted by Gasteiger charge is -2.27. The van der Waals surface area contributed by atoms with Crippen molar-refractivity contribution in [2.24, 2.45) is 29.6 Å². The number of nitrogens with zero attached hydrogens (tertiary/aromatic N) is 1. The quantitative estimate of drug-likeness (QED) is 0.519. The zero-order valence-electron chi connectivity index (χ0n) is 7.25. The summed E-state index contributed by atoms with van der Waals surface area (Å²) in [5.74, 6) is 3.69. The second-order valence-electron chi connectivity index (χ2n) is 4.35. The third-order valence-corrected chi connectivity index (χ3v) is 4.06. The molecule has 0 spiro atoms. The van der Waals surface area contributed by atoms with Crippen molar-refractivity contribution in [1.29, 1.82) is 5.26 Å². The molecule has 0 aromatic carbocycles. The molecule has 2 saturated carbocycles. The van der Waals surface area contributed by atoms with Gasteiger partial charge < -0.3 is 0 Å². The van der Waals surface area contributed by atoms with E-state index in [0.717, 1.165) is 23.7 Å². The molecule has 1 nitrogen and oxygen atoms in total. The normalized spacial score (nSPS) is 54.5. The van der Waals surface area contributed by atoms with Crippen LogP contribution in [-0.2, 0) is 0 Å². The number of nitriles is 1. The second-order valence-corrected chi connectivity index (χ2v) is 4.35. The number of hydrogen-bond acceptors (Lipinski definition) is 1. The lowest BCUT2D eigenvalue weighted by atomic mass is 9.76. The fourth-order valence-corrected chi connectivity index (χ4v) is 3.09. The van der Waals surface area contributed by atoms with Crippen LogP contribution in [0.25, 0.3) is 0 Å². The summed E-state index contributed by atoms with van der Waals surface area (Å²) < 4.78 is 0. The maximum Gasteiger partial charge on any atom is 0.0658 e. The van der Waals surface area contributed by atoms with Crippen LogP contribution in [0.1, 0.15) is 26.7 Å². The molecule has 5 atom stereocenters. The van der Waals surface area contributed by atoms with Gasteiger partial charge >= 0.3 is 0 Å². The maximum absolute atomic E-state index is 8.84. The van der Waals surface area contributed by atoms with Gasteiger partial charge in [-0.1, -0.05) is 13.8 Å². The minimum Gasteiger partial charge on any atom is -0.198 e. The molecule has 0 aromatic rings. The summed E-state index contributed by atoms with van der Waals surface area (Å²) in [6, 6.07) is 2.45. The molecular weight excluding hydrogens is 134 g/mol. The fraction of sp³-hybridized carbons (Fsp3) is 0.900. The van der Waals surface area contributed by atoms with Crippen molar-refractivity contribution in [3.05, 3.63) is 0 Å². The summed E-state index contributed by atoms with van der Waals surface area (Å²) in [7, 11) is 0. The first kappa shape index (κ1) is 7.16. The molecule has 0 radical (unpaired) electrons. The van der Waals surface area contributed by atoms with Crippen LogP contribution < -0.4 is 0 Å². The van der Waals surface area contributed by atoms with Crippen LogP contribution in [-0.4, -0.2) is 0 Å². The van der Waals surface area contributed by atoms with Gasteiger partial charge in [0.1, 0.15) is 0 Å². The van der Waals surface area contributed by atoms with Gasteiger partial charge in [0.25, 0.3) is 0 Å². The molecule has 11 heavy (non-hydrogen) atoms. The largest absolute Gasteiger partial charge is 0.198 e. The van der Waals surface area contributed by atoms with E-state index in [1.54, 1.807) is 0 Å². The molecule has 0 saturated heterocycles. The lowest BCUT2D eigenvalue weighted by molar-refractivity contribution is 0.222. The van der Waals surface area contributed by atoms with Gasteiger partial charge in [0.05, 0.1) is 6.07 Å². The van der Waals surface area contributed by atoms with Crippen molar-refractivity contribution in [3.63, 3.8) is 0 Å². The van der Waals surface area contributed by atoms with Crippen molar-refractivity contribution in [1.82, 2.24) is 0 Å². The minimum atomic E-state index is 0.395. The van der Waals surface area contributed by atoms with Gasteiger partial charge in [-0.2, -0.15) is 5.26 Å². The van der Waals surface area contributed by atoms with Crippen molar-refractivity contribution >= 4 is 0 Å². The van der Waals surface area contributed by atoms with Crippen LogP contribution in [0.3, 0.4) is 0 Å². The van der Waals surface area contributed by atoms with Crippen molar-refractivity contribution in [2.75, 3.05) is 0 Å². The average molecular weight is 149 g/mol. The Hall–Kier alpha value is -0.510. The van der Waals surface area contributed by atoms with Gasteiger partial charge in [-0.15, -0.1) is 0 Å². The summed E-state index contributed by atoms with van der Waals surface area (Å²) in [6.45, 7) is 4.67. The molecule has 2 rings (SSSR count). The van der Waals surface area contributed by atoms with Gasteiger partial charge in [-0.05, 0) is 36.5 Å². The first-order valence-electron chi connectivity index (χ1n) is 4.63. The van der Waals surface area contributed by atoms with Crippen LogP contribution >= 0.6 is 0 Å². The zero-order chi connectivity index (χ0) is 8.01. The molecule has 2 aliphatic carbocycles. The number of rotatable bonds is 0. The summed E-state index contributed by atoms with van der Waals surface area (Å²) >= 11 is 0. The Morgan fingerprint density at radius 2 is 1.91 bits per heavy atom. The van der Waals surface area contributed by atoms with E-state index in [4.69, 9.17) is 5.26 Å². The number of fused-ring (bicyclic) bond motifs is 2. The highest BCUT2D eigenvalue weighted by atomic mass is 14.5. The van der Waals surface area contributed by atoms with Crippen molar-refractivity contribution in [3.8, 4) is 6.07 Å². The molecule has 60 valence electrons. The third-order valence-electron chi connectivity index (χ3n) is 4.06. The highest BCUT2D eigenvalue weighted by molar-refractivity contribution is 5.04. The lowest BCUT2D eigenvalue weighted by Crippen LogP contribution is -2.23. The molecule has 0 heterocycles. The average Bonchev–Trinajstić information content (AvgIpc) is 2.53. The predicted molar refractivity (Wildman–Crippen MR) is 43.6 cm³/mol. The standard InChI is InChI=1S/C10H15N/c1-6-7(2)10-4-8(6)3-9(10)5-11/h6-10H,3-4H2,1-2H3/t6?,7?,8-,9?,10?/m0/s1. The Labute approximate surface area is 68.4 Å². The monoisotopic (exact) mass is 149 g/mol. The van der Waals surface area contributed by atoms with Gasteiger partial charge in [-0.3, -0.25) is 0 Å². The first-order valence-corrected chi connectivity index (χ1v) is 4.63. The van der Waals surface area contributed by atoms with E-state index in [9.17, 15) is 0 Å². The van der Waals surface area contributed by atoms with E-state index in [1.807, 2.05) is 0 Å². The van der Waals surface area contributed by atoms with Crippen LogP contribution in [0.4, 0.5) is 0 Å². The molecule has 2 bridgehead atoms. The van der Waals surface area contributed by atoms with E-state index < -0.39 is 0 Å². The van der Waals surface area contributed by atoms with Crippen LogP contribution in [0.5, 0.6) is 0 Å². The highest BCUT2D eigenvalue weighted by Crippen LogP contribution is 2.54. The number of hydrogen-bond donors (Lipinski definition) is 0. The van der Waals surface area contributed by atoms with Crippen molar-refractivity contribution < 1.29 is 0 Å². The summed E-state index contributed by atoms with van der Waals surface area (Å²) in [5.41, 5.74) is 0. The zero-order valence-corrected chi connectivity index (χ0v) is 7.25. The maximum atomic E-state index is 8.84. The molecule has 1 heteroatoms. The molecule has 0 amide bonds. The molecule has 4 unspecified atom stereocenters. The molecule has 2 aliphatic rings. The topological polar surface area (TPSA) is 23.8 Å². The van der Waals surface area contributed by atoms with Gasteiger partial charge in [0.2, 0.25) is 0 Å².